The highest BCUT2D eigenvalue weighted by Gasteiger charge is 2.36. The van der Waals surface area contributed by atoms with Crippen LogP contribution >= 0.6 is 23.2 Å². The second kappa shape index (κ2) is 13.7. The van der Waals surface area contributed by atoms with Crippen molar-refractivity contribution in [3.8, 4) is 0 Å². The van der Waals surface area contributed by atoms with E-state index in [1.807, 2.05) is 6.07 Å². The number of nitrogens with two attached hydrogens (primary N) is 1. The van der Waals surface area contributed by atoms with E-state index in [9.17, 15) is 23.6 Å². The summed E-state index contributed by atoms with van der Waals surface area (Å²) in [5.41, 5.74) is 7.70. The minimum absolute atomic E-state index is 0.0145. The van der Waals surface area contributed by atoms with Gasteiger partial charge in [0.2, 0.25) is 17.7 Å². The first-order chi connectivity index (χ1) is 19.7. The molecule has 8 nitrogen and oxygen atoms in total. The zero-order chi connectivity index (χ0) is 29.5. The number of rotatable bonds is 10. The molecule has 0 fully saturated rings. The van der Waals surface area contributed by atoms with Gasteiger partial charge in [-0.3, -0.25) is 19.2 Å². The van der Waals surface area contributed by atoms with Crippen LogP contribution in [0, 0.1) is 11.9 Å². The number of anilines is 1. The standard InChI is InChI=1S/C30H28Cl2FN4O4/c31-21-10-11-22(28(33)27(21)32)35-29(40)23(14-15-34)36-30(41)24-16-19-8-4-5-9-20(19)17-37(24)26(39)13-12-25(38)18-6-2-1-3-7-18/h1-4,6-11,23-24H,12-17,34H2,(H,35,40)(H,36,41)/t23-,24-/m0/s1. The molecular weight excluding hydrogens is 570 g/mol. The molecule has 3 aromatic carbocycles. The van der Waals surface area contributed by atoms with E-state index < -0.39 is 29.7 Å². The summed E-state index contributed by atoms with van der Waals surface area (Å²) in [4.78, 5) is 54.0. The van der Waals surface area contributed by atoms with E-state index in [4.69, 9.17) is 28.9 Å². The number of halogens is 3. The lowest BCUT2D eigenvalue weighted by Crippen LogP contribution is -2.56. The van der Waals surface area contributed by atoms with E-state index in [-0.39, 0.29) is 66.2 Å². The maximum atomic E-state index is 14.5. The van der Waals surface area contributed by atoms with Crippen LogP contribution in [0.15, 0.2) is 60.7 Å². The molecular formula is C30H28Cl2FN4O4. The SMILES string of the molecule is NCC[C@H](NC(=O)[C@@H]1Cc2cc[c]cc2CN1C(=O)CCC(=O)c1ccccc1)C(=O)Nc1ccc(Cl)c(Cl)c1F. The van der Waals surface area contributed by atoms with Gasteiger partial charge in [0.15, 0.2) is 11.6 Å². The van der Waals surface area contributed by atoms with Gasteiger partial charge in [-0.25, -0.2) is 4.39 Å². The van der Waals surface area contributed by atoms with Crippen LogP contribution in [-0.4, -0.2) is 47.0 Å². The zero-order valence-corrected chi connectivity index (χ0v) is 23.5. The zero-order valence-electron chi connectivity index (χ0n) is 22.0. The third-order valence-corrected chi connectivity index (χ3v) is 7.63. The van der Waals surface area contributed by atoms with Crippen molar-refractivity contribution in [2.45, 2.75) is 44.3 Å². The summed E-state index contributed by atoms with van der Waals surface area (Å²) < 4.78 is 14.5. The lowest BCUT2D eigenvalue weighted by Gasteiger charge is -2.36. The van der Waals surface area contributed by atoms with Crippen LogP contribution in [0.2, 0.25) is 10.0 Å². The quantitative estimate of drug-likeness (QED) is 0.237. The number of hydrogen-bond donors (Lipinski definition) is 3. The highest BCUT2D eigenvalue weighted by molar-refractivity contribution is 6.42. The molecule has 3 amide bonds. The lowest BCUT2D eigenvalue weighted by atomic mass is 9.92. The number of benzene rings is 3. The third kappa shape index (κ3) is 7.30. The van der Waals surface area contributed by atoms with Crippen molar-refractivity contribution in [1.29, 1.82) is 0 Å². The Balaban J connectivity index is 1.50. The van der Waals surface area contributed by atoms with Crippen molar-refractivity contribution < 1.29 is 23.6 Å². The van der Waals surface area contributed by atoms with Gasteiger partial charge >= 0.3 is 0 Å². The highest BCUT2D eigenvalue weighted by Crippen LogP contribution is 2.30. The molecule has 1 aliphatic rings. The second-order valence-electron chi connectivity index (χ2n) is 9.58. The Bertz CT molecular complexity index is 1450. The molecule has 4 N–H and O–H groups in total. The number of fused-ring (bicyclic) bond motifs is 1. The molecule has 3 aromatic rings. The Morgan fingerprint density at radius 3 is 2.54 bits per heavy atom. The first-order valence-corrected chi connectivity index (χ1v) is 13.8. The largest absolute Gasteiger partial charge is 0.342 e. The molecule has 0 unspecified atom stereocenters. The average Bonchev–Trinajstić information content (AvgIpc) is 2.99. The van der Waals surface area contributed by atoms with E-state index >= 15 is 0 Å². The average molecular weight is 598 g/mol. The Morgan fingerprint density at radius 1 is 1.05 bits per heavy atom. The van der Waals surface area contributed by atoms with Gasteiger partial charge < -0.3 is 21.3 Å². The molecule has 1 heterocycles. The van der Waals surface area contributed by atoms with E-state index in [1.54, 1.807) is 42.5 Å². The molecule has 0 aromatic heterocycles. The van der Waals surface area contributed by atoms with Crippen LogP contribution in [0.4, 0.5) is 10.1 Å². The minimum Gasteiger partial charge on any atom is -0.342 e. The van der Waals surface area contributed by atoms with Gasteiger partial charge in [0, 0.05) is 31.4 Å². The van der Waals surface area contributed by atoms with E-state index in [0.29, 0.717) is 5.56 Å². The number of amides is 3. The number of carbonyl (C=O) groups is 4. The van der Waals surface area contributed by atoms with Crippen molar-refractivity contribution in [3.05, 3.63) is 99.3 Å². The summed E-state index contributed by atoms with van der Waals surface area (Å²) >= 11 is 11.7. The molecule has 1 aliphatic heterocycles. The van der Waals surface area contributed by atoms with Gasteiger partial charge in [-0.15, -0.1) is 0 Å². The van der Waals surface area contributed by atoms with E-state index in [2.05, 4.69) is 16.7 Å². The summed E-state index contributed by atoms with van der Waals surface area (Å²) in [7, 11) is 0. The fourth-order valence-corrected chi connectivity index (χ4v) is 4.94. The Hall–Kier alpha value is -3.79. The molecule has 2 atom stereocenters. The maximum absolute atomic E-state index is 14.5. The first kappa shape index (κ1) is 30.2. The summed E-state index contributed by atoms with van der Waals surface area (Å²) in [5, 5.41) is 4.74. The molecule has 11 heteroatoms. The van der Waals surface area contributed by atoms with Crippen molar-refractivity contribution >= 4 is 52.4 Å². The molecule has 0 bridgehead atoms. The maximum Gasteiger partial charge on any atom is 0.247 e. The fourth-order valence-electron chi connectivity index (χ4n) is 4.63. The first-order valence-electron chi connectivity index (χ1n) is 13.0. The van der Waals surface area contributed by atoms with Crippen molar-refractivity contribution in [2.24, 2.45) is 5.73 Å². The predicted octanol–water partition coefficient (Wildman–Crippen LogP) is 4.32. The van der Waals surface area contributed by atoms with Crippen molar-refractivity contribution in [3.63, 3.8) is 0 Å². The summed E-state index contributed by atoms with van der Waals surface area (Å²) in [6, 6.07) is 17.5. The van der Waals surface area contributed by atoms with Gasteiger partial charge in [-0.1, -0.05) is 65.7 Å². The van der Waals surface area contributed by atoms with Crippen LogP contribution in [0.25, 0.3) is 0 Å². The number of ketones is 1. The predicted molar refractivity (Wildman–Crippen MR) is 154 cm³/mol. The summed E-state index contributed by atoms with van der Waals surface area (Å²) in [6.07, 6.45) is 0.145. The highest BCUT2D eigenvalue weighted by atomic mass is 35.5. The fraction of sp³-hybridized carbons (Fsp3) is 0.267. The van der Waals surface area contributed by atoms with E-state index in [1.165, 1.54) is 17.0 Å². The van der Waals surface area contributed by atoms with Crippen LogP contribution in [0.1, 0.15) is 40.7 Å². The van der Waals surface area contributed by atoms with Crippen molar-refractivity contribution in [2.75, 3.05) is 11.9 Å². The van der Waals surface area contributed by atoms with Crippen LogP contribution < -0.4 is 16.4 Å². The smallest absolute Gasteiger partial charge is 0.247 e. The van der Waals surface area contributed by atoms with Crippen molar-refractivity contribution in [1.82, 2.24) is 10.2 Å². The molecule has 0 aliphatic carbocycles. The normalized spacial score (nSPS) is 15.0. The van der Waals surface area contributed by atoms with Gasteiger partial charge in [0.1, 0.15) is 12.1 Å². The molecule has 0 saturated carbocycles. The molecule has 213 valence electrons. The van der Waals surface area contributed by atoms with Crippen LogP contribution in [0.5, 0.6) is 0 Å². The van der Waals surface area contributed by atoms with E-state index in [0.717, 1.165) is 11.1 Å². The van der Waals surface area contributed by atoms with Crippen LogP contribution in [-0.2, 0) is 27.3 Å². The lowest BCUT2D eigenvalue weighted by molar-refractivity contribution is -0.142. The second-order valence-corrected chi connectivity index (χ2v) is 10.4. The summed E-state index contributed by atoms with van der Waals surface area (Å²) in [6.45, 7) is 0.196. The molecule has 1 radical (unpaired) electrons. The Labute approximate surface area is 247 Å². The number of carbonyl (C=O) groups excluding carboxylic acids is 4. The van der Waals surface area contributed by atoms with Gasteiger partial charge in [0.25, 0.3) is 0 Å². The molecule has 4 rings (SSSR count). The number of nitrogens with zero attached hydrogens (tertiary/aromatic N) is 1. The van der Waals surface area contributed by atoms with Gasteiger partial charge in [0.05, 0.1) is 15.7 Å². The third-order valence-electron chi connectivity index (χ3n) is 6.85. The van der Waals surface area contributed by atoms with Gasteiger partial charge in [-0.05, 0) is 48.4 Å². The van der Waals surface area contributed by atoms with Gasteiger partial charge in [-0.2, -0.15) is 0 Å². The minimum atomic E-state index is -1.12. The number of Topliss-reactive ketones (excluding diaryl/α,β-unsaturated/α-hetero) is 1. The molecule has 0 saturated heterocycles. The number of nitrogens with one attached hydrogen (secondary N) is 2. The summed E-state index contributed by atoms with van der Waals surface area (Å²) in [5.74, 6) is -2.75. The Kier molecular flexibility index (Phi) is 10.1. The monoisotopic (exact) mass is 597 g/mol. The molecule has 41 heavy (non-hydrogen) atoms. The van der Waals surface area contributed by atoms with Crippen LogP contribution in [0.3, 0.4) is 0 Å². The Morgan fingerprint density at radius 2 is 1.80 bits per heavy atom. The number of hydrogen-bond acceptors (Lipinski definition) is 5. The topological polar surface area (TPSA) is 122 Å². The molecule has 0 spiro atoms.